The highest BCUT2D eigenvalue weighted by Crippen LogP contribution is 2.15. The summed E-state index contributed by atoms with van der Waals surface area (Å²) in [5.41, 5.74) is -0.0880. The number of benzene rings is 1. The lowest BCUT2D eigenvalue weighted by molar-refractivity contribution is -0.136. The highest BCUT2D eigenvalue weighted by molar-refractivity contribution is 6.39. The molecule has 1 aromatic rings. The lowest BCUT2D eigenvalue weighted by atomic mass is 10.0. The van der Waals surface area contributed by atoms with E-state index < -0.39 is 23.4 Å². The first-order chi connectivity index (χ1) is 11.4. The van der Waals surface area contributed by atoms with E-state index in [2.05, 4.69) is 22.5 Å². The molecule has 0 radical (unpaired) electrons. The van der Waals surface area contributed by atoms with Crippen LogP contribution in [0.1, 0.15) is 26.2 Å². The predicted octanol–water partition coefficient (Wildman–Crippen LogP) is 2.14. The monoisotopic (exact) mass is 339 g/mol. The molecule has 1 aliphatic heterocycles. The Morgan fingerprint density at radius 3 is 2.58 bits per heavy atom. The highest BCUT2D eigenvalue weighted by atomic mass is 19.1. The van der Waals surface area contributed by atoms with E-state index in [1.54, 1.807) is 0 Å². The molecular weight excluding hydrogens is 316 g/mol. The summed E-state index contributed by atoms with van der Waals surface area (Å²) >= 11 is 0. The molecular formula is C17H23F2N3O2. The van der Waals surface area contributed by atoms with E-state index in [1.807, 2.05) is 0 Å². The fraction of sp³-hybridized carbons (Fsp3) is 0.529. The molecule has 1 aromatic carbocycles. The molecule has 2 rings (SSSR count). The summed E-state index contributed by atoms with van der Waals surface area (Å²) in [6.07, 6.45) is 3.20. The number of anilines is 1. The normalized spacial score (nSPS) is 18.2. The molecule has 1 heterocycles. The SMILES string of the molecule is CC1CCCN(CCCNC(=O)C(=O)Nc2cc(F)cc(F)c2)C1. The molecule has 0 spiro atoms. The average molecular weight is 339 g/mol. The van der Waals surface area contributed by atoms with Crippen molar-refractivity contribution in [2.45, 2.75) is 26.2 Å². The van der Waals surface area contributed by atoms with Gasteiger partial charge in [-0.15, -0.1) is 0 Å². The Labute approximate surface area is 140 Å². The van der Waals surface area contributed by atoms with Crippen molar-refractivity contribution < 1.29 is 18.4 Å². The number of carbonyl (C=O) groups excluding carboxylic acids is 2. The molecule has 0 bridgehead atoms. The largest absolute Gasteiger partial charge is 0.348 e. The van der Waals surface area contributed by atoms with Crippen LogP contribution in [0.25, 0.3) is 0 Å². The third-order valence-corrected chi connectivity index (χ3v) is 4.00. The maximum atomic E-state index is 13.0. The van der Waals surface area contributed by atoms with Crippen LogP contribution in [0, 0.1) is 17.6 Å². The van der Waals surface area contributed by atoms with Gasteiger partial charge < -0.3 is 15.5 Å². The second kappa shape index (κ2) is 8.73. The Balaban J connectivity index is 1.69. The number of hydrogen-bond acceptors (Lipinski definition) is 3. The summed E-state index contributed by atoms with van der Waals surface area (Å²) in [5, 5.41) is 4.70. The van der Waals surface area contributed by atoms with Gasteiger partial charge in [-0.1, -0.05) is 6.92 Å². The molecule has 1 atom stereocenters. The molecule has 5 nitrogen and oxygen atoms in total. The maximum absolute atomic E-state index is 13.0. The van der Waals surface area contributed by atoms with Gasteiger partial charge in [-0.3, -0.25) is 9.59 Å². The molecule has 2 amide bonds. The standard InChI is InChI=1S/C17H23F2N3O2/c1-12-4-2-6-22(11-12)7-3-5-20-16(23)17(24)21-15-9-13(18)8-14(19)10-15/h8-10,12H,2-7,11H2,1H3,(H,20,23)(H,21,24). The summed E-state index contributed by atoms with van der Waals surface area (Å²) in [6.45, 7) is 5.63. The van der Waals surface area contributed by atoms with Crippen LogP contribution in [-0.2, 0) is 9.59 Å². The van der Waals surface area contributed by atoms with Crippen molar-refractivity contribution in [2.24, 2.45) is 5.92 Å². The second-order valence-corrected chi connectivity index (χ2v) is 6.27. The topological polar surface area (TPSA) is 61.4 Å². The lowest BCUT2D eigenvalue weighted by Gasteiger charge is -2.30. The van der Waals surface area contributed by atoms with Gasteiger partial charge in [0.05, 0.1) is 0 Å². The van der Waals surface area contributed by atoms with Crippen LogP contribution in [0.2, 0.25) is 0 Å². The van der Waals surface area contributed by atoms with Gasteiger partial charge in [0.1, 0.15) is 11.6 Å². The lowest BCUT2D eigenvalue weighted by Crippen LogP contribution is -2.39. The van der Waals surface area contributed by atoms with Crippen molar-refractivity contribution in [1.29, 1.82) is 0 Å². The summed E-state index contributed by atoms with van der Waals surface area (Å²) < 4.78 is 26.1. The predicted molar refractivity (Wildman–Crippen MR) is 87.5 cm³/mol. The molecule has 1 unspecified atom stereocenters. The second-order valence-electron chi connectivity index (χ2n) is 6.27. The smallest absolute Gasteiger partial charge is 0.313 e. The van der Waals surface area contributed by atoms with Crippen LogP contribution in [0.5, 0.6) is 0 Å². The van der Waals surface area contributed by atoms with E-state index in [4.69, 9.17) is 0 Å². The van der Waals surface area contributed by atoms with Gasteiger partial charge in [0.25, 0.3) is 0 Å². The number of nitrogens with zero attached hydrogens (tertiary/aromatic N) is 1. The zero-order valence-electron chi connectivity index (χ0n) is 13.8. The zero-order chi connectivity index (χ0) is 17.5. The van der Waals surface area contributed by atoms with E-state index in [-0.39, 0.29) is 5.69 Å². The minimum Gasteiger partial charge on any atom is -0.348 e. The van der Waals surface area contributed by atoms with Crippen molar-refractivity contribution in [1.82, 2.24) is 10.2 Å². The van der Waals surface area contributed by atoms with Gasteiger partial charge in [-0.2, -0.15) is 0 Å². The number of likely N-dealkylation sites (tertiary alicyclic amines) is 1. The molecule has 0 aromatic heterocycles. The zero-order valence-corrected chi connectivity index (χ0v) is 13.8. The number of carbonyl (C=O) groups is 2. The van der Waals surface area contributed by atoms with Gasteiger partial charge in [-0.25, -0.2) is 8.78 Å². The number of amides is 2. The first-order valence-electron chi connectivity index (χ1n) is 8.21. The molecule has 1 saturated heterocycles. The highest BCUT2D eigenvalue weighted by Gasteiger charge is 2.17. The van der Waals surface area contributed by atoms with E-state index in [0.717, 1.165) is 38.2 Å². The first-order valence-corrected chi connectivity index (χ1v) is 8.21. The van der Waals surface area contributed by atoms with Gasteiger partial charge >= 0.3 is 11.8 Å². The number of halogens is 2. The van der Waals surface area contributed by atoms with Crippen LogP contribution < -0.4 is 10.6 Å². The molecule has 2 N–H and O–H groups in total. The van der Waals surface area contributed by atoms with Crippen molar-refractivity contribution in [3.63, 3.8) is 0 Å². The molecule has 1 fully saturated rings. The fourth-order valence-electron chi connectivity index (χ4n) is 2.89. The van der Waals surface area contributed by atoms with Crippen LogP contribution in [0.4, 0.5) is 14.5 Å². The Morgan fingerprint density at radius 2 is 1.92 bits per heavy atom. The maximum Gasteiger partial charge on any atom is 0.313 e. The van der Waals surface area contributed by atoms with Crippen molar-refractivity contribution in [3.05, 3.63) is 29.8 Å². The third-order valence-electron chi connectivity index (χ3n) is 4.00. The van der Waals surface area contributed by atoms with E-state index >= 15 is 0 Å². The van der Waals surface area contributed by atoms with Crippen molar-refractivity contribution in [3.8, 4) is 0 Å². The third kappa shape index (κ3) is 5.88. The summed E-state index contributed by atoms with van der Waals surface area (Å²) in [7, 11) is 0. The first kappa shape index (κ1) is 18.3. The van der Waals surface area contributed by atoms with Crippen molar-refractivity contribution in [2.75, 3.05) is 31.5 Å². The Morgan fingerprint density at radius 1 is 1.21 bits per heavy atom. The van der Waals surface area contributed by atoms with Crippen LogP contribution in [0.3, 0.4) is 0 Å². The molecule has 24 heavy (non-hydrogen) atoms. The van der Waals surface area contributed by atoms with E-state index in [9.17, 15) is 18.4 Å². The van der Waals surface area contributed by atoms with Crippen molar-refractivity contribution >= 4 is 17.5 Å². The van der Waals surface area contributed by atoms with Gasteiger partial charge in [-0.05, 0) is 50.4 Å². The minimum absolute atomic E-state index is 0.0880. The number of rotatable bonds is 5. The molecule has 7 heteroatoms. The number of piperidine rings is 1. The van der Waals surface area contributed by atoms with E-state index in [1.165, 1.54) is 12.8 Å². The van der Waals surface area contributed by atoms with E-state index in [0.29, 0.717) is 18.5 Å². The Bertz CT molecular complexity index is 575. The van der Waals surface area contributed by atoms with Gasteiger partial charge in [0, 0.05) is 24.8 Å². The summed E-state index contributed by atoms with van der Waals surface area (Å²) in [4.78, 5) is 25.7. The summed E-state index contributed by atoms with van der Waals surface area (Å²) in [6, 6.07) is 2.59. The Kier molecular flexibility index (Phi) is 6.66. The summed E-state index contributed by atoms with van der Waals surface area (Å²) in [5.74, 6) is -2.69. The molecule has 1 aliphatic rings. The molecule has 0 saturated carbocycles. The average Bonchev–Trinajstić information content (AvgIpc) is 2.50. The van der Waals surface area contributed by atoms with Crippen LogP contribution >= 0.6 is 0 Å². The molecule has 132 valence electrons. The number of hydrogen-bond donors (Lipinski definition) is 2. The quantitative estimate of drug-likeness (QED) is 0.638. The fourth-order valence-corrected chi connectivity index (χ4v) is 2.89. The Hall–Kier alpha value is -2.02. The van der Waals surface area contributed by atoms with Crippen LogP contribution in [0.15, 0.2) is 18.2 Å². The number of nitrogens with one attached hydrogen (secondary N) is 2. The minimum atomic E-state index is -0.938. The van der Waals surface area contributed by atoms with Gasteiger partial charge in [0.15, 0.2) is 0 Å². The van der Waals surface area contributed by atoms with Gasteiger partial charge in [0.2, 0.25) is 0 Å². The van der Waals surface area contributed by atoms with Crippen LogP contribution in [-0.4, -0.2) is 42.9 Å². The molecule has 0 aliphatic carbocycles.